The molecule has 9 N–H and O–H groups in total. The van der Waals surface area contributed by atoms with Gasteiger partial charge in [0.1, 0.15) is 48.8 Å². The second kappa shape index (κ2) is 15.7. The average Bonchev–Trinajstić information content (AvgIpc) is 3.50. The van der Waals surface area contributed by atoms with Crippen LogP contribution in [0.15, 0.2) is 11.6 Å². The summed E-state index contributed by atoms with van der Waals surface area (Å²) in [4.78, 5) is 0. The highest BCUT2D eigenvalue weighted by molar-refractivity contribution is 5.21. The first-order valence-corrected chi connectivity index (χ1v) is 20.9. The van der Waals surface area contributed by atoms with Gasteiger partial charge in [-0.3, -0.25) is 0 Å². The summed E-state index contributed by atoms with van der Waals surface area (Å²) in [7, 11) is 0. The molecule has 0 aromatic rings. The van der Waals surface area contributed by atoms with Crippen molar-refractivity contribution in [2.24, 2.45) is 45.3 Å². The molecule has 2 saturated heterocycles. The Labute approximate surface area is 327 Å². The zero-order valence-corrected chi connectivity index (χ0v) is 34.3. The molecule has 13 heteroatoms. The first-order chi connectivity index (χ1) is 25.6. The number of hydrogen-bond donors (Lipinski definition) is 9. The van der Waals surface area contributed by atoms with Crippen LogP contribution in [-0.2, 0) is 18.9 Å². The number of aliphatic hydroxyl groups is 9. The van der Waals surface area contributed by atoms with Crippen LogP contribution in [0, 0.1) is 45.3 Å². The van der Waals surface area contributed by atoms with Gasteiger partial charge in [0, 0.05) is 5.41 Å². The highest BCUT2D eigenvalue weighted by Crippen LogP contribution is 2.76. The summed E-state index contributed by atoms with van der Waals surface area (Å²) in [6.45, 7) is 16.5. The number of rotatable bonds is 10. The largest absolute Gasteiger partial charge is 0.394 e. The third-order valence-electron chi connectivity index (χ3n) is 16.8. The van der Waals surface area contributed by atoms with Gasteiger partial charge in [-0.25, -0.2) is 0 Å². The van der Waals surface area contributed by atoms with Gasteiger partial charge in [-0.15, -0.1) is 0 Å². The molecule has 20 unspecified atom stereocenters. The van der Waals surface area contributed by atoms with Crippen molar-refractivity contribution in [3.05, 3.63) is 11.6 Å². The van der Waals surface area contributed by atoms with Crippen molar-refractivity contribution in [1.82, 2.24) is 0 Å². The lowest BCUT2D eigenvalue weighted by molar-refractivity contribution is -0.338. The molecular formula is C42H72O13. The number of hydrogen-bond acceptors (Lipinski definition) is 13. The molecule has 0 bridgehead atoms. The maximum Gasteiger partial charge on any atom is 0.187 e. The van der Waals surface area contributed by atoms with Crippen LogP contribution in [0.2, 0.25) is 0 Å². The predicted molar refractivity (Wildman–Crippen MR) is 201 cm³/mol. The SMILES string of the molecule is CC(C)=CCCC(C)(OC1OC(CO)C(O)C(O)C1O)C1CCC2(C)C1CCC1C3(C)CCC(OC4OC(CO)C(O)C(O)C4O)C(C)(C)C3CC(O)C12C. The van der Waals surface area contributed by atoms with Gasteiger partial charge in [0.05, 0.1) is 31.0 Å². The van der Waals surface area contributed by atoms with E-state index < -0.39 is 97.2 Å². The van der Waals surface area contributed by atoms with E-state index in [2.05, 4.69) is 61.5 Å². The van der Waals surface area contributed by atoms with Crippen molar-refractivity contribution in [3.63, 3.8) is 0 Å². The van der Waals surface area contributed by atoms with Gasteiger partial charge in [-0.2, -0.15) is 0 Å². The fourth-order valence-electron chi connectivity index (χ4n) is 13.4. The molecular weight excluding hydrogens is 712 g/mol. The van der Waals surface area contributed by atoms with Crippen molar-refractivity contribution >= 4 is 0 Å². The summed E-state index contributed by atoms with van der Waals surface area (Å²) in [6, 6.07) is 0. The Kier molecular flexibility index (Phi) is 12.5. The molecule has 0 aromatic carbocycles. The predicted octanol–water partition coefficient (Wildman–Crippen LogP) is 2.15. The van der Waals surface area contributed by atoms with Crippen LogP contribution in [0.4, 0.5) is 0 Å². The Bertz CT molecular complexity index is 1370. The molecule has 0 aromatic heterocycles. The lowest BCUT2D eigenvalue weighted by atomic mass is 9.34. The van der Waals surface area contributed by atoms with Crippen molar-refractivity contribution < 1.29 is 64.9 Å². The van der Waals surface area contributed by atoms with Gasteiger partial charge in [0.25, 0.3) is 0 Å². The molecule has 20 atom stereocenters. The summed E-state index contributed by atoms with van der Waals surface area (Å²) in [6.07, 6.45) is -5.34. The smallest absolute Gasteiger partial charge is 0.187 e. The van der Waals surface area contributed by atoms with Crippen LogP contribution >= 0.6 is 0 Å². The van der Waals surface area contributed by atoms with Crippen LogP contribution in [-0.4, -0.2) is 138 Å². The second-order valence-electron chi connectivity index (χ2n) is 20.0. The van der Waals surface area contributed by atoms with Crippen molar-refractivity contribution in [2.45, 2.75) is 192 Å². The summed E-state index contributed by atoms with van der Waals surface area (Å²) < 4.78 is 25.0. The fourth-order valence-corrected chi connectivity index (χ4v) is 13.4. The monoisotopic (exact) mass is 784 g/mol. The highest BCUT2D eigenvalue weighted by atomic mass is 16.7. The van der Waals surface area contributed by atoms with Gasteiger partial charge >= 0.3 is 0 Å². The minimum absolute atomic E-state index is 0.0463. The Morgan fingerprint density at radius 2 is 1.31 bits per heavy atom. The zero-order chi connectivity index (χ0) is 40.6. The van der Waals surface area contributed by atoms with Gasteiger partial charge in [0.15, 0.2) is 12.6 Å². The number of allylic oxidation sites excluding steroid dienone is 2. The van der Waals surface area contributed by atoms with E-state index in [0.29, 0.717) is 19.3 Å². The van der Waals surface area contributed by atoms with E-state index in [-0.39, 0.29) is 40.6 Å². The maximum absolute atomic E-state index is 12.6. The fraction of sp³-hybridized carbons (Fsp3) is 0.952. The zero-order valence-electron chi connectivity index (χ0n) is 34.3. The molecule has 6 aliphatic rings. The van der Waals surface area contributed by atoms with Crippen LogP contribution in [0.25, 0.3) is 0 Å². The number of fused-ring (bicyclic) bond motifs is 5. The third-order valence-corrected chi connectivity index (χ3v) is 16.8. The Morgan fingerprint density at radius 3 is 1.89 bits per heavy atom. The van der Waals surface area contributed by atoms with Crippen molar-refractivity contribution in [1.29, 1.82) is 0 Å². The molecule has 0 amide bonds. The van der Waals surface area contributed by atoms with Crippen molar-refractivity contribution in [2.75, 3.05) is 13.2 Å². The second-order valence-corrected chi connectivity index (χ2v) is 20.0. The molecule has 6 rings (SSSR count). The Morgan fingerprint density at radius 1 is 0.727 bits per heavy atom. The first-order valence-electron chi connectivity index (χ1n) is 20.9. The normalized spacial score (nSPS) is 52.0. The van der Waals surface area contributed by atoms with Gasteiger partial charge in [-0.05, 0) is 118 Å². The van der Waals surface area contributed by atoms with E-state index in [1.165, 1.54) is 5.57 Å². The molecule has 55 heavy (non-hydrogen) atoms. The molecule has 2 heterocycles. The van der Waals surface area contributed by atoms with E-state index in [0.717, 1.165) is 38.5 Å². The summed E-state index contributed by atoms with van der Waals surface area (Å²) in [5.41, 5.74) is -0.882. The highest BCUT2D eigenvalue weighted by Gasteiger charge is 2.72. The van der Waals surface area contributed by atoms with Gasteiger partial charge in [-0.1, -0.05) is 46.3 Å². The number of ether oxygens (including phenoxy) is 4. The molecule has 4 aliphatic carbocycles. The minimum Gasteiger partial charge on any atom is -0.394 e. The molecule has 13 nitrogen and oxygen atoms in total. The van der Waals surface area contributed by atoms with Crippen LogP contribution in [0.3, 0.4) is 0 Å². The molecule has 4 saturated carbocycles. The average molecular weight is 785 g/mol. The van der Waals surface area contributed by atoms with E-state index in [1.54, 1.807) is 0 Å². The van der Waals surface area contributed by atoms with Crippen LogP contribution < -0.4 is 0 Å². The molecule has 0 radical (unpaired) electrons. The minimum atomic E-state index is -1.53. The molecule has 318 valence electrons. The lowest BCUT2D eigenvalue weighted by Gasteiger charge is -2.71. The third kappa shape index (κ3) is 7.00. The van der Waals surface area contributed by atoms with Gasteiger partial charge < -0.3 is 64.9 Å². The maximum atomic E-state index is 12.6. The first kappa shape index (κ1) is 43.8. The molecule has 6 fully saturated rings. The summed E-state index contributed by atoms with van der Waals surface area (Å²) >= 11 is 0. The topological polar surface area (TPSA) is 219 Å². The lowest BCUT2D eigenvalue weighted by Crippen LogP contribution is -2.69. The Hall–Kier alpha value is -0.780. The van der Waals surface area contributed by atoms with E-state index in [1.807, 2.05) is 0 Å². The molecule has 2 aliphatic heterocycles. The quantitative estimate of drug-likeness (QED) is 0.115. The number of aliphatic hydroxyl groups excluding tert-OH is 9. The van der Waals surface area contributed by atoms with Gasteiger partial charge in [0.2, 0.25) is 0 Å². The summed E-state index contributed by atoms with van der Waals surface area (Å²) in [5.74, 6) is 0.497. The molecule has 0 spiro atoms. The standard InChI is InChI=1S/C42H72O13/c1-21(2)10-9-15-41(7,55-37-35(51)33(49)31(47)25(20-44)53-37)23-13-17-40(6)22(23)11-12-26-39(5)16-14-29(38(3,4)27(39)18-28(45)42(26,40)8)54-36-34(50)32(48)30(46)24(19-43)52-36/h10,22-37,43-51H,9,11-20H2,1-8H3. The summed E-state index contributed by atoms with van der Waals surface area (Å²) in [5, 5.41) is 96.0. The van der Waals surface area contributed by atoms with E-state index >= 15 is 0 Å². The van der Waals surface area contributed by atoms with Crippen molar-refractivity contribution in [3.8, 4) is 0 Å². The van der Waals surface area contributed by atoms with Crippen LogP contribution in [0.5, 0.6) is 0 Å². The Balaban J connectivity index is 1.26. The van der Waals surface area contributed by atoms with Crippen LogP contribution in [0.1, 0.15) is 113 Å². The van der Waals surface area contributed by atoms with E-state index in [9.17, 15) is 46.0 Å². The van der Waals surface area contributed by atoms with E-state index in [4.69, 9.17) is 18.9 Å².